The van der Waals surface area contributed by atoms with E-state index in [0.29, 0.717) is 5.56 Å². The second kappa shape index (κ2) is 14.2. The maximum atomic E-state index is 13.1. The predicted molar refractivity (Wildman–Crippen MR) is 131 cm³/mol. The molecule has 8 N–H and O–H groups in total. The minimum atomic E-state index is -1.27. The molecule has 3 unspecified atom stereocenters. The van der Waals surface area contributed by atoms with Crippen molar-refractivity contribution in [3.63, 3.8) is 0 Å². The Morgan fingerprint density at radius 3 is 1.67 bits per heavy atom. The Bertz CT molecular complexity index is 1050. The summed E-state index contributed by atoms with van der Waals surface area (Å²) in [4.78, 5) is 61.2. The number of carbonyl (C=O) groups is 5. The van der Waals surface area contributed by atoms with Crippen molar-refractivity contribution in [2.24, 2.45) is 11.5 Å². The summed E-state index contributed by atoms with van der Waals surface area (Å²) < 4.78 is 0. The molecule has 2 rings (SSSR count). The van der Waals surface area contributed by atoms with Crippen molar-refractivity contribution in [2.75, 3.05) is 6.54 Å². The monoisotopic (exact) mass is 497 g/mol. The zero-order valence-electron chi connectivity index (χ0n) is 19.7. The molecule has 0 spiro atoms. The van der Waals surface area contributed by atoms with E-state index in [9.17, 15) is 29.1 Å². The number of aliphatic carboxylic acids is 1. The first-order valence-electron chi connectivity index (χ1n) is 11.4. The van der Waals surface area contributed by atoms with E-state index in [0.717, 1.165) is 5.56 Å². The fourth-order valence-corrected chi connectivity index (χ4v) is 3.46. The zero-order valence-corrected chi connectivity index (χ0v) is 19.7. The number of carboxylic acid groups (broad SMARTS) is 1. The fraction of sp³-hybridized carbons (Fsp3) is 0.320. The number of benzene rings is 2. The van der Waals surface area contributed by atoms with Gasteiger partial charge in [-0.1, -0.05) is 60.7 Å². The highest BCUT2D eigenvalue weighted by Gasteiger charge is 2.30. The number of nitrogens with two attached hydrogens (primary N) is 2. The highest BCUT2D eigenvalue weighted by molar-refractivity contribution is 5.94. The first kappa shape index (κ1) is 28.0. The van der Waals surface area contributed by atoms with Gasteiger partial charge < -0.3 is 32.5 Å². The second-order valence-corrected chi connectivity index (χ2v) is 8.17. The minimum absolute atomic E-state index is 0.0155. The van der Waals surface area contributed by atoms with Crippen LogP contribution in [0, 0.1) is 0 Å². The van der Waals surface area contributed by atoms with Gasteiger partial charge in [0.25, 0.3) is 0 Å². The van der Waals surface area contributed by atoms with Crippen molar-refractivity contribution in [1.29, 1.82) is 0 Å². The molecule has 11 nitrogen and oxygen atoms in total. The Morgan fingerprint density at radius 2 is 1.19 bits per heavy atom. The number of hydrogen-bond acceptors (Lipinski definition) is 6. The van der Waals surface area contributed by atoms with Crippen molar-refractivity contribution >= 4 is 29.6 Å². The van der Waals surface area contributed by atoms with Gasteiger partial charge in [0.2, 0.25) is 23.6 Å². The quantitative estimate of drug-likeness (QED) is 0.197. The molecule has 3 atom stereocenters. The van der Waals surface area contributed by atoms with Crippen LogP contribution in [-0.2, 0) is 36.8 Å². The molecule has 0 bridgehead atoms. The van der Waals surface area contributed by atoms with Crippen LogP contribution in [0.2, 0.25) is 0 Å². The lowest BCUT2D eigenvalue weighted by Crippen LogP contribution is -2.57. The molecule has 11 heteroatoms. The van der Waals surface area contributed by atoms with Gasteiger partial charge in [-0.15, -0.1) is 0 Å². The number of carboxylic acids is 1. The van der Waals surface area contributed by atoms with E-state index >= 15 is 0 Å². The largest absolute Gasteiger partial charge is 0.480 e. The normalized spacial score (nSPS) is 13.0. The van der Waals surface area contributed by atoms with E-state index in [1.54, 1.807) is 60.7 Å². The van der Waals surface area contributed by atoms with E-state index in [1.807, 2.05) is 0 Å². The van der Waals surface area contributed by atoms with Gasteiger partial charge >= 0.3 is 5.97 Å². The van der Waals surface area contributed by atoms with Gasteiger partial charge in [0.1, 0.15) is 18.1 Å². The van der Waals surface area contributed by atoms with Crippen LogP contribution in [0.5, 0.6) is 0 Å². The predicted octanol–water partition coefficient (Wildman–Crippen LogP) is -0.765. The van der Waals surface area contributed by atoms with Crippen molar-refractivity contribution in [3.8, 4) is 0 Å². The van der Waals surface area contributed by atoms with Crippen LogP contribution in [-0.4, -0.2) is 59.4 Å². The SMILES string of the molecule is NCC(=O)NC(Cc1ccccc1)C(=O)NC(CCC(N)=O)C(=O)NC(Cc1ccccc1)C(=O)O. The molecule has 0 aliphatic rings. The molecular weight excluding hydrogens is 466 g/mol. The van der Waals surface area contributed by atoms with Gasteiger partial charge in [-0.3, -0.25) is 19.2 Å². The third-order valence-electron chi connectivity index (χ3n) is 5.33. The Kier molecular flexibility index (Phi) is 11.1. The lowest BCUT2D eigenvalue weighted by Gasteiger charge is -2.24. The van der Waals surface area contributed by atoms with Crippen LogP contribution < -0.4 is 27.4 Å². The van der Waals surface area contributed by atoms with Crippen LogP contribution in [0.25, 0.3) is 0 Å². The summed E-state index contributed by atoms with van der Waals surface area (Å²) in [5.41, 5.74) is 12.0. The average Bonchev–Trinajstić information content (AvgIpc) is 2.86. The summed E-state index contributed by atoms with van der Waals surface area (Å²) in [5.74, 6) is -4.02. The maximum Gasteiger partial charge on any atom is 0.326 e. The van der Waals surface area contributed by atoms with Crippen LogP contribution in [0.15, 0.2) is 60.7 Å². The van der Waals surface area contributed by atoms with Gasteiger partial charge in [0.05, 0.1) is 6.54 Å². The van der Waals surface area contributed by atoms with Crippen molar-refractivity contribution in [2.45, 2.75) is 43.8 Å². The average molecular weight is 498 g/mol. The molecule has 0 aliphatic heterocycles. The van der Waals surface area contributed by atoms with Gasteiger partial charge in [-0.05, 0) is 17.5 Å². The van der Waals surface area contributed by atoms with E-state index in [2.05, 4.69) is 16.0 Å². The number of hydrogen-bond donors (Lipinski definition) is 6. The summed E-state index contributed by atoms with van der Waals surface area (Å²) in [6.07, 6.45) is -0.253. The van der Waals surface area contributed by atoms with Gasteiger partial charge in [-0.2, -0.15) is 0 Å². The van der Waals surface area contributed by atoms with E-state index in [4.69, 9.17) is 11.5 Å². The molecule has 0 radical (unpaired) electrons. The fourth-order valence-electron chi connectivity index (χ4n) is 3.46. The number of nitrogens with one attached hydrogen (secondary N) is 3. The molecule has 0 saturated heterocycles. The maximum absolute atomic E-state index is 13.1. The highest BCUT2D eigenvalue weighted by atomic mass is 16.4. The molecule has 2 aromatic rings. The summed E-state index contributed by atoms with van der Waals surface area (Å²) in [7, 11) is 0. The third kappa shape index (κ3) is 9.55. The lowest BCUT2D eigenvalue weighted by atomic mass is 10.0. The Morgan fingerprint density at radius 1 is 0.722 bits per heavy atom. The van der Waals surface area contributed by atoms with Crippen LogP contribution >= 0.6 is 0 Å². The standard InChI is InChI=1S/C25H31N5O6/c26-15-22(32)28-19(13-16-7-3-1-4-8-16)24(34)29-18(11-12-21(27)31)23(33)30-20(25(35)36)14-17-9-5-2-6-10-17/h1-10,18-20H,11-15,26H2,(H2,27,31)(H,28,32)(H,29,34)(H,30,33)(H,35,36). The van der Waals surface area contributed by atoms with Gasteiger partial charge in [-0.25, -0.2) is 4.79 Å². The molecule has 192 valence electrons. The van der Waals surface area contributed by atoms with Gasteiger partial charge in [0, 0.05) is 19.3 Å². The third-order valence-corrected chi connectivity index (χ3v) is 5.33. The Balaban J connectivity index is 2.18. The topological polar surface area (TPSA) is 194 Å². The number of amides is 4. The van der Waals surface area contributed by atoms with Crippen molar-refractivity contribution < 1.29 is 29.1 Å². The first-order valence-corrected chi connectivity index (χ1v) is 11.4. The summed E-state index contributed by atoms with van der Waals surface area (Å²) in [6, 6.07) is 14.0. The second-order valence-electron chi connectivity index (χ2n) is 8.17. The molecule has 2 aromatic carbocycles. The van der Waals surface area contributed by atoms with E-state index in [1.165, 1.54) is 0 Å². The molecule has 0 heterocycles. The molecule has 0 aromatic heterocycles. The number of primary amides is 1. The zero-order chi connectivity index (χ0) is 26.5. The van der Waals surface area contributed by atoms with Crippen molar-refractivity contribution in [1.82, 2.24) is 16.0 Å². The molecule has 4 amide bonds. The summed E-state index contributed by atoms with van der Waals surface area (Å²) in [6.45, 7) is -0.343. The molecule has 0 fully saturated rings. The summed E-state index contributed by atoms with van der Waals surface area (Å²) >= 11 is 0. The van der Waals surface area contributed by atoms with Crippen LogP contribution in [0.4, 0.5) is 0 Å². The first-order chi connectivity index (χ1) is 17.2. The number of carbonyl (C=O) groups excluding carboxylic acids is 4. The smallest absolute Gasteiger partial charge is 0.326 e. The highest BCUT2D eigenvalue weighted by Crippen LogP contribution is 2.08. The Labute approximate surface area is 208 Å². The van der Waals surface area contributed by atoms with Gasteiger partial charge in [0.15, 0.2) is 0 Å². The number of rotatable bonds is 14. The summed E-state index contributed by atoms with van der Waals surface area (Å²) in [5, 5.41) is 17.1. The van der Waals surface area contributed by atoms with Crippen molar-refractivity contribution in [3.05, 3.63) is 71.8 Å². The lowest BCUT2D eigenvalue weighted by molar-refractivity contribution is -0.142. The Hall–Kier alpha value is -4.25. The molecule has 36 heavy (non-hydrogen) atoms. The molecule has 0 aliphatic carbocycles. The van der Waals surface area contributed by atoms with Crippen LogP contribution in [0.3, 0.4) is 0 Å². The minimum Gasteiger partial charge on any atom is -0.480 e. The van der Waals surface area contributed by atoms with E-state index < -0.39 is 47.7 Å². The van der Waals surface area contributed by atoms with Crippen LogP contribution in [0.1, 0.15) is 24.0 Å². The molecular formula is C25H31N5O6. The van der Waals surface area contributed by atoms with E-state index in [-0.39, 0.29) is 32.2 Å². The molecule has 0 saturated carbocycles.